The summed E-state index contributed by atoms with van der Waals surface area (Å²) in [5.41, 5.74) is 1.19. The Morgan fingerprint density at radius 2 is 2.22 bits per heavy atom. The molecular formula is C14H20N2O2. The standard InChI is InChI=1S/C14H20N2O2/c1-18-14(17)9-13(12-3-2-4-12)16-10-11-5-7-15-8-6-11/h5-8,12-13,16H,2-4,9-10H2,1H3. The van der Waals surface area contributed by atoms with Gasteiger partial charge in [0.2, 0.25) is 0 Å². The molecule has 1 saturated carbocycles. The highest BCUT2D eigenvalue weighted by molar-refractivity contribution is 5.70. The third-order valence-corrected chi connectivity index (χ3v) is 3.65. The zero-order valence-electron chi connectivity index (χ0n) is 10.8. The summed E-state index contributed by atoms with van der Waals surface area (Å²) in [4.78, 5) is 15.4. The minimum absolute atomic E-state index is 0.130. The second kappa shape index (κ2) is 6.50. The third kappa shape index (κ3) is 3.53. The summed E-state index contributed by atoms with van der Waals surface area (Å²) in [5, 5.41) is 3.47. The van der Waals surface area contributed by atoms with E-state index in [4.69, 9.17) is 4.74 Å². The van der Waals surface area contributed by atoms with Crippen molar-refractivity contribution < 1.29 is 9.53 Å². The van der Waals surface area contributed by atoms with Crippen LogP contribution >= 0.6 is 0 Å². The van der Waals surface area contributed by atoms with Crippen LogP contribution < -0.4 is 5.32 Å². The molecule has 0 aromatic carbocycles. The normalized spacial score (nSPS) is 16.9. The van der Waals surface area contributed by atoms with Gasteiger partial charge in [0, 0.05) is 25.0 Å². The van der Waals surface area contributed by atoms with E-state index >= 15 is 0 Å². The van der Waals surface area contributed by atoms with Gasteiger partial charge in [-0.2, -0.15) is 0 Å². The predicted octanol–water partition coefficient (Wildman–Crippen LogP) is 1.90. The molecule has 0 aliphatic heterocycles. The molecule has 0 saturated heterocycles. The Balaban J connectivity index is 1.86. The Kier molecular flexibility index (Phi) is 4.70. The lowest BCUT2D eigenvalue weighted by Gasteiger charge is -2.34. The van der Waals surface area contributed by atoms with Crippen molar-refractivity contribution in [3.63, 3.8) is 0 Å². The van der Waals surface area contributed by atoms with Crippen molar-refractivity contribution in [1.29, 1.82) is 0 Å². The highest BCUT2D eigenvalue weighted by Crippen LogP contribution is 2.31. The van der Waals surface area contributed by atoms with Crippen LogP contribution in [0.5, 0.6) is 0 Å². The molecule has 0 bridgehead atoms. The quantitative estimate of drug-likeness (QED) is 0.781. The lowest BCUT2D eigenvalue weighted by molar-refractivity contribution is -0.141. The lowest BCUT2D eigenvalue weighted by Crippen LogP contribution is -2.40. The number of rotatable bonds is 6. The number of carbonyl (C=O) groups is 1. The molecule has 1 fully saturated rings. The number of ether oxygens (including phenoxy) is 1. The lowest BCUT2D eigenvalue weighted by atomic mass is 9.78. The molecule has 1 atom stereocenters. The van der Waals surface area contributed by atoms with E-state index in [1.165, 1.54) is 31.9 Å². The monoisotopic (exact) mass is 248 g/mol. The molecule has 18 heavy (non-hydrogen) atoms. The first-order chi connectivity index (χ1) is 8.79. The summed E-state index contributed by atoms with van der Waals surface area (Å²) < 4.78 is 4.76. The van der Waals surface area contributed by atoms with Gasteiger partial charge < -0.3 is 10.1 Å². The number of pyridine rings is 1. The van der Waals surface area contributed by atoms with E-state index < -0.39 is 0 Å². The Morgan fingerprint density at radius 3 is 2.78 bits per heavy atom. The topological polar surface area (TPSA) is 51.2 Å². The summed E-state index contributed by atoms with van der Waals surface area (Å²) in [5.74, 6) is 0.486. The van der Waals surface area contributed by atoms with Crippen molar-refractivity contribution in [2.24, 2.45) is 5.92 Å². The largest absolute Gasteiger partial charge is 0.469 e. The molecule has 1 aromatic heterocycles. The smallest absolute Gasteiger partial charge is 0.307 e. The van der Waals surface area contributed by atoms with Crippen LogP contribution in [0.3, 0.4) is 0 Å². The van der Waals surface area contributed by atoms with E-state index in [1.54, 1.807) is 12.4 Å². The van der Waals surface area contributed by atoms with Gasteiger partial charge in [-0.25, -0.2) is 0 Å². The molecule has 1 aliphatic rings. The van der Waals surface area contributed by atoms with Crippen LogP contribution in [-0.2, 0) is 16.1 Å². The summed E-state index contributed by atoms with van der Waals surface area (Å²) in [7, 11) is 1.45. The highest BCUT2D eigenvalue weighted by Gasteiger charge is 2.28. The van der Waals surface area contributed by atoms with Gasteiger partial charge >= 0.3 is 5.97 Å². The van der Waals surface area contributed by atoms with Crippen molar-refractivity contribution in [3.8, 4) is 0 Å². The van der Waals surface area contributed by atoms with E-state index in [0.717, 1.165) is 6.54 Å². The summed E-state index contributed by atoms with van der Waals surface area (Å²) in [6.45, 7) is 0.778. The Hall–Kier alpha value is -1.42. The number of nitrogens with zero attached hydrogens (tertiary/aromatic N) is 1. The van der Waals surface area contributed by atoms with Crippen LogP contribution in [0, 0.1) is 5.92 Å². The van der Waals surface area contributed by atoms with Gasteiger partial charge in [-0.15, -0.1) is 0 Å². The number of nitrogens with one attached hydrogen (secondary N) is 1. The van der Waals surface area contributed by atoms with E-state index in [1.807, 2.05) is 12.1 Å². The van der Waals surface area contributed by atoms with Crippen molar-refractivity contribution in [2.75, 3.05) is 7.11 Å². The summed E-state index contributed by atoms with van der Waals surface area (Å²) in [6, 6.07) is 4.21. The van der Waals surface area contributed by atoms with E-state index in [0.29, 0.717) is 12.3 Å². The molecular weight excluding hydrogens is 228 g/mol. The molecule has 1 aromatic rings. The van der Waals surface area contributed by atoms with Crippen LogP contribution in [0.1, 0.15) is 31.2 Å². The van der Waals surface area contributed by atoms with Crippen LogP contribution in [0.4, 0.5) is 0 Å². The predicted molar refractivity (Wildman–Crippen MR) is 68.8 cm³/mol. The third-order valence-electron chi connectivity index (χ3n) is 3.65. The average Bonchev–Trinajstić information content (AvgIpc) is 2.35. The molecule has 4 nitrogen and oxygen atoms in total. The number of hydrogen-bond donors (Lipinski definition) is 1. The maximum atomic E-state index is 11.4. The minimum Gasteiger partial charge on any atom is -0.469 e. The number of aromatic nitrogens is 1. The summed E-state index contributed by atoms with van der Waals surface area (Å²) >= 11 is 0. The first-order valence-electron chi connectivity index (χ1n) is 6.48. The van der Waals surface area contributed by atoms with Gasteiger partial charge in [0.15, 0.2) is 0 Å². The Labute approximate surface area is 108 Å². The van der Waals surface area contributed by atoms with Gasteiger partial charge in [0.05, 0.1) is 13.5 Å². The van der Waals surface area contributed by atoms with Crippen molar-refractivity contribution >= 4 is 5.97 Å². The van der Waals surface area contributed by atoms with E-state index in [-0.39, 0.29) is 12.0 Å². The van der Waals surface area contributed by atoms with Gasteiger partial charge in [0.1, 0.15) is 0 Å². The molecule has 1 heterocycles. The average molecular weight is 248 g/mol. The number of carbonyl (C=O) groups excluding carboxylic acids is 1. The number of hydrogen-bond acceptors (Lipinski definition) is 4. The number of methoxy groups -OCH3 is 1. The van der Waals surface area contributed by atoms with Crippen LogP contribution in [0.15, 0.2) is 24.5 Å². The second-order valence-electron chi connectivity index (χ2n) is 4.81. The minimum atomic E-state index is -0.130. The number of esters is 1. The van der Waals surface area contributed by atoms with Crippen molar-refractivity contribution in [2.45, 2.75) is 38.3 Å². The van der Waals surface area contributed by atoms with Crippen molar-refractivity contribution in [3.05, 3.63) is 30.1 Å². The van der Waals surface area contributed by atoms with Gasteiger partial charge in [-0.3, -0.25) is 9.78 Å². The molecule has 4 heteroatoms. The van der Waals surface area contributed by atoms with Crippen molar-refractivity contribution in [1.82, 2.24) is 10.3 Å². The van der Waals surface area contributed by atoms with Gasteiger partial charge in [-0.1, -0.05) is 6.42 Å². The van der Waals surface area contributed by atoms with Crippen LogP contribution in [-0.4, -0.2) is 24.1 Å². The zero-order valence-corrected chi connectivity index (χ0v) is 10.8. The van der Waals surface area contributed by atoms with E-state index in [2.05, 4.69) is 10.3 Å². The highest BCUT2D eigenvalue weighted by atomic mass is 16.5. The molecule has 0 radical (unpaired) electrons. The molecule has 1 aliphatic carbocycles. The molecule has 0 amide bonds. The fourth-order valence-corrected chi connectivity index (χ4v) is 2.26. The van der Waals surface area contributed by atoms with Gasteiger partial charge in [0.25, 0.3) is 0 Å². The first kappa shape index (κ1) is 13.0. The maximum absolute atomic E-state index is 11.4. The molecule has 1 N–H and O–H groups in total. The van der Waals surface area contributed by atoms with Crippen LogP contribution in [0.2, 0.25) is 0 Å². The fraction of sp³-hybridized carbons (Fsp3) is 0.571. The Bertz CT molecular complexity index is 377. The van der Waals surface area contributed by atoms with Gasteiger partial charge in [-0.05, 0) is 36.5 Å². The van der Waals surface area contributed by atoms with E-state index in [9.17, 15) is 4.79 Å². The molecule has 0 spiro atoms. The second-order valence-corrected chi connectivity index (χ2v) is 4.81. The zero-order chi connectivity index (χ0) is 12.8. The van der Waals surface area contributed by atoms with Crippen LogP contribution in [0.25, 0.3) is 0 Å². The summed E-state index contributed by atoms with van der Waals surface area (Å²) in [6.07, 6.45) is 7.74. The maximum Gasteiger partial charge on any atom is 0.307 e. The first-order valence-corrected chi connectivity index (χ1v) is 6.48. The molecule has 2 rings (SSSR count). The molecule has 98 valence electrons. The SMILES string of the molecule is COC(=O)CC(NCc1ccncc1)C1CCC1. The fourth-order valence-electron chi connectivity index (χ4n) is 2.26. The Morgan fingerprint density at radius 1 is 1.50 bits per heavy atom. The molecule has 1 unspecified atom stereocenters.